The molecule has 5 nitrogen and oxygen atoms in total. The zero-order valence-electron chi connectivity index (χ0n) is 14.9. The summed E-state index contributed by atoms with van der Waals surface area (Å²) in [6.07, 6.45) is 1.07. The first-order valence-corrected chi connectivity index (χ1v) is 7.78. The van der Waals surface area contributed by atoms with Gasteiger partial charge in [0, 0.05) is 6.92 Å². The second kappa shape index (κ2) is 7.49. The van der Waals surface area contributed by atoms with E-state index in [9.17, 15) is 9.59 Å². The van der Waals surface area contributed by atoms with Gasteiger partial charge in [-0.15, -0.1) is 0 Å². The van der Waals surface area contributed by atoms with Crippen molar-refractivity contribution < 1.29 is 14.3 Å². The largest absolute Gasteiger partial charge is 0.484 e. The van der Waals surface area contributed by atoms with Crippen molar-refractivity contribution >= 4 is 11.8 Å². The molecule has 0 heterocycles. The maximum atomic E-state index is 11.5. The highest BCUT2D eigenvalue weighted by molar-refractivity contribution is 5.81. The van der Waals surface area contributed by atoms with E-state index in [4.69, 9.17) is 4.74 Å². The molecule has 0 fully saturated rings. The Morgan fingerprint density at radius 1 is 1.00 bits per heavy atom. The van der Waals surface area contributed by atoms with Crippen LogP contribution in [-0.2, 0) is 15.0 Å². The Morgan fingerprint density at radius 2 is 1.57 bits per heavy atom. The van der Waals surface area contributed by atoms with Crippen LogP contribution in [-0.4, -0.2) is 18.4 Å². The third-order valence-electron chi connectivity index (χ3n) is 3.36. The average molecular weight is 320 g/mol. The molecular weight excluding hydrogens is 292 g/mol. The van der Waals surface area contributed by atoms with Gasteiger partial charge in [-0.1, -0.05) is 46.8 Å². The molecule has 0 aliphatic carbocycles. The molecule has 0 unspecified atom stereocenters. The summed E-state index contributed by atoms with van der Waals surface area (Å²) < 4.78 is 5.41. The van der Waals surface area contributed by atoms with Gasteiger partial charge >= 0.3 is 0 Å². The van der Waals surface area contributed by atoms with E-state index < -0.39 is 5.91 Å². The zero-order valence-corrected chi connectivity index (χ0v) is 14.9. The molecule has 0 saturated carbocycles. The zero-order chi connectivity index (χ0) is 17.7. The lowest BCUT2D eigenvalue weighted by molar-refractivity contribution is -0.129. The van der Waals surface area contributed by atoms with E-state index in [0.717, 1.165) is 6.42 Å². The van der Waals surface area contributed by atoms with Crippen LogP contribution in [0.1, 0.15) is 53.5 Å². The lowest BCUT2D eigenvalue weighted by Crippen LogP contribution is -2.42. The van der Waals surface area contributed by atoms with Crippen molar-refractivity contribution in [2.45, 2.75) is 53.4 Å². The fraction of sp³-hybridized carbons (Fsp3) is 0.556. The second-order valence-corrected chi connectivity index (χ2v) is 7.66. The molecule has 0 atom stereocenters. The Hall–Kier alpha value is -2.04. The van der Waals surface area contributed by atoms with Crippen molar-refractivity contribution in [3.05, 3.63) is 29.8 Å². The standard InChI is InChI=1S/C18H28N2O3/c1-13(21)19-20-16(22)11-23-15-9-7-14(8-10-15)18(5,6)12-17(2,3)4/h7-10H,11-12H2,1-6H3,(H,19,21)(H,20,22). The molecule has 0 aliphatic heterocycles. The number of carbonyl (C=O) groups is 2. The minimum absolute atomic E-state index is 0.0690. The molecule has 5 heteroatoms. The highest BCUT2D eigenvalue weighted by atomic mass is 16.5. The van der Waals surface area contributed by atoms with E-state index in [1.807, 2.05) is 24.3 Å². The monoisotopic (exact) mass is 320 g/mol. The molecule has 23 heavy (non-hydrogen) atoms. The molecule has 1 rings (SSSR count). The molecule has 1 aromatic carbocycles. The van der Waals surface area contributed by atoms with Gasteiger partial charge in [0.1, 0.15) is 5.75 Å². The Bertz CT molecular complexity index is 542. The van der Waals surface area contributed by atoms with Gasteiger partial charge in [-0.25, -0.2) is 0 Å². The van der Waals surface area contributed by atoms with Crippen molar-refractivity contribution in [3.8, 4) is 5.75 Å². The van der Waals surface area contributed by atoms with Gasteiger partial charge in [-0.05, 0) is 34.9 Å². The maximum absolute atomic E-state index is 11.5. The van der Waals surface area contributed by atoms with Crippen LogP contribution in [0.2, 0.25) is 0 Å². The van der Waals surface area contributed by atoms with Gasteiger partial charge in [-0.2, -0.15) is 0 Å². The van der Waals surface area contributed by atoms with Crippen molar-refractivity contribution in [2.24, 2.45) is 5.41 Å². The Kier molecular flexibility index (Phi) is 6.19. The molecule has 128 valence electrons. The number of amides is 2. The third kappa shape index (κ3) is 7.17. The van der Waals surface area contributed by atoms with Gasteiger partial charge < -0.3 is 4.74 Å². The van der Waals surface area contributed by atoms with Crippen molar-refractivity contribution in [3.63, 3.8) is 0 Å². The van der Waals surface area contributed by atoms with E-state index in [2.05, 4.69) is 45.5 Å². The molecule has 2 N–H and O–H groups in total. The van der Waals surface area contributed by atoms with Crippen LogP contribution in [0, 0.1) is 5.41 Å². The van der Waals surface area contributed by atoms with Crippen LogP contribution in [0.5, 0.6) is 5.75 Å². The van der Waals surface area contributed by atoms with Crippen LogP contribution >= 0.6 is 0 Å². The number of nitrogens with one attached hydrogen (secondary N) is 2. The van der Waals surface area contributed by atoms with Crippen molar-refractivity contribution in [1.29, 1.82) is 0 Å². The first kappa shape index (κ1) is 19.0. The van der Waals surface area contributed by atoms with Gasteiger partial charge in [-0.3, -0.25) is 20.4 Å². The summed E-state index contributed by atoms with van der Waals surface area (Å²) in [5, 5.41) is 0. The number of carbonyl (C=O) groups excluding carboxylic acids is 2. The highest BCUT2D eigenvalue weighted by Crippen LogP contribution is 2.36. The molecule has 0 aliphatic rings. The number of hydrogen-bond donors (Lipinski definition) is 2. The van der Waals surface area contributed by atoms with E-state index in [1.54, 1.807) is 0 Å². The first-order chi connectivity index (χ1) is 10.5. The van der Waals surface area contributed by atoms with Crippen LogP contribution < -0.4 is 15.6 Å². The van der Waals surface area contributed by atoms with Crippen LogP contribution in [0.15, 0.2) is 24.3 Å². The molecule has 1 aromatic rings. The van der Waals surface area contributed by atoms with Crippen LogP contribution in [0.4, 0.5) is 0 Å². The smallest absolute Gasteiger partial charge is 0.276 e. The quantitative estimate of drug-likeness (QED) is 0.820. The number of rotatable bonds is 5. The van der Waals surface area contributed by atoms with Crippen LogP contribution in [0.3, 0.4) is 0 Å². The minimum Gasteiger partial charge on any atom is -0.484 e. The maximum Gasteiger partial charge on any atom is 0.276 e. The van der Waals surface area contributed by atoms with Gasteiger partial charge in [0.2, 0.25) is 5.91 Å². The minimum atomic E-state index is -0.405. The lowest BCUT2D eigenvalue weighted by atomic mass is 9.72. The summed E-state index contributed by atoms with van der Waals surface area (Å²) in [7, 11) is 0. The Balaban J connectivity index is 2.60. The number of benzene rings is 1. The van der Waals surface area contributed by atoms with Gasteiger partial charge in [0.25, 0.3) is 5.91 Å². The summed E-state index contributed by atoms with van der Waals surface area (Å²) in [6.45, 7) is 12.3. The summed E-state index contributed by atoms with van der Waals surface area (Å²) in [4.78, 5) is 22.1. The van der Waals surface area contributed by atoms with E-state index >= 15 is 0 Å². The summed E-state index contributed by atoms with van der Waals surface area (Å²) in [5.74, 6) is -0.112. The molecular formula is C18H28N2O3. The van der Waals surface area contributed by atoms with Crippen LogP contribution in [0.25, 0.3) is 0 Å². The fourth-order valence-electron chi connectivity index (χ4n) is 2.77. The second-order valence-electron chi connectivity index (χ2n) is 7.66. The molecule has 0 spiro atoms. The molecule has 0 bridgehead atoms. The third-order valence-corrected chi connectivity index (χ3v) is 3.36. The fourth-order valence-corrected chi connectivity index (χ4v) is 2.77. The summed E-state index contributed by atoms with van der Waals surface area (Å²) >= 11 is 0. The average Bonchev–Trinajstić information content (AvgIpc) is 2.40. The highest BCUT2D eigenvalue weighted by Gasteiger charge is 2.27. The topological polar surface area (TPSA) is 67.4 Å². The number of ether oxygens (including phenoxy) is 1. The predicted octanol–water partition coefficient (Wildman–Crippen LogP) is 2.95. The van der Waals surface area contributed by atoms with E-state index in [-0.39, 0.29) is 23.3 Å². The lowest BCUT2D eigenvalue weighted by Gasteiger charge is -2.33. The molecule has 0 saturated heterocycles. The first-order valence-electron chi connectivity index (χ1n) is 7.78. The molecule has 2 amide bonds. The van der Waals surface area contributed by atoms with Gasteiger partial charge in [0.15, 0.2) is 6.61 Å². The molecule has 0 radical (unpaired) electrons. The predicted molar refractivity (Wildman–Crippen MR) is 91.0 cm³/mol. The van der Waals surface area contributed by atoms with Crippen molar-refractivity contribution in [2.75, 3.05) is 6.61 Å². The summed E-state index contributed by atoms with van der Waals surface area (Å²) in [5.41, 5.74) is 6.02. The Labute approximate surface area is 138 Å². The van der Waals surface area contributed by atoms with E-state index in [0.29, 0.717) is 5.75 Å². The Morgan fingerprint density at radius 3 is 2.04 bits per heavy atom. The summed E-state index contributed by atoms with van der Waals surface area (Å²) in [6, 6.07) is 7.80. The molecule has 0 aromatic heterocycles. The SMILES string of the molecule is CC(=O)NNC(=O)COc1ccc(C(C)(C)CC(C)(C)C)cc1. The normalized spacial score (nSPS) is 11.7. The number of hydrogen-bond acceptors (Lipinski definition) is 3. The van der Waals surface area contributed by atoms with E-state index in [1.165, 1.54) is 12.5 Å². The van der Waals surface area contributed by atoms with Crippen molar-refractivity contribution in [1.82, 2.24) is 10.9 Å². The van der Waals surface area contributed by atoms with Gasteiger partial charge in [0.05, 0.1) is 0 Å². The number of hydrazine groups is 1.